The minimum absolute atomic E-state index is 0.844. The number of rotatable bonds is 2. The van der Waals surface area contributed by atoms with Crippen molar-refractivity contribution < 1.29 is 10.2 Å². The molecule has 0 rings (SSSR count). The molecule has 0 atom stereocenters. The molecule has 0 saturated heterocycles. The Morgan fingerprint density at radius 1 is 1.11 bits per heavy atom. The lowest BCUT2D eigenvalue weighted by Crippen LogP contribution is -1.63. The number of hydrogen-bond acceptors (Lipinski definition) is 2. The van der Waals surface area contributed by atoms with Gasteiger partial charge in [0.1, 0.15) is 0 Å². The Hall–Kier alpha value is -0.0151. The van der Waals surface area contributed by atoms with E-state index < -0.39 is 0 Å². The molecule has 2 radical (unpaired) electrons. The van der Waals surface area contributed by atoms with Crippen molar-refractivity contribution >= 4 is 7.85 Å². The van der Waals surface area contributed by atoms with Crippen LogP contribution < -0.4 is 0 Å². The van der Waals surface area contributed by atoms with Gasteiger partial charge in [0.25, 0.3) is 0 Å². The highest BCUT2D eigenvalue weighted by molar-refractivity contribution is 6.08. The van der Waals surface area contributed by atoms with Gasteiger partial charge in [0, 0.05) is 14.2 Å². The van der Waals surface area contributed by atoms with E-state index in [0.29, 0.717) is 0 Å². The van der Waals surface area contributed by atoms with Crippen molar-refractivity contribution in [1.29, 1.82) is 0 Å². The van der Waals surface area contributed by atoms with Crippen molar-refractivity contribution in [2.24, 2.45) is 0 Å². The van der Waals surface area contributed by atoms with Crippen LogP contribution >= 0.6 is 0 Å². The highest BCUT2D eigenvalue weighted by Crippen LogP contribution is 1.86. The molecule has 0 saturated carbocycles. The third-order valence-corrected chi connectivity index (χ3v) is 0.558. The fourth-order valence-corrected chi connectivity index (χ4v) is 0.204. The Bertz CT molecular complexity index is 18.5. The number of hydrogen-bond donors (Lipinski definition) is 2. The zero-order valence-electron chi connectivity index (χ0n) is 6.59. The smallest absolute Gasteiger partial charge is 0.0652 e. The van der Waals surface area contributed by atoms with Crippen molar-refractivity contribution in [2.75, 3.05) is 14.2 Å². The molecule has 0 bridgehead atoms. The molecule has 0 aliphatic heterocycles. The largest absolute Gasteiger partial charge is 0.400 e. The van der Waals surface area contributed by atoms with Crippen molar-refractivity contribution in [3.8, 4) is 0 Å². The van der Waals surface area contributed by atoms with Crippen LogP contribution in [0.2, 0.25) is 6.32 Å². The van der Waals surface area contributed by atoms with Crippen LogP contribution in [0.4, 0.5) is 0 Å². The van der Waals surface area contributed by atoms with Crippen molar-refractivity contribution in [1.82, 2.24) is 0 Å². The average molecular weight is 132 g/mol. The Morgan fingerprint density at radius 2 is 1.44 bits per heavy atom. The Kier molecular flexibility index (Phi) is 77.7. The molecule has 0 amide bonds. The first-order chi connectivity index (χ1) is 4.41. The predicted octanol–water partition coefficient (Wildman–Crippen LogP) is 0.590. The molecule has 0 aromatic rings. The summed E-state index contributed by atoms with van der Waals surface area (Å²) in [5.74, 6) is 0. The highest BCUT2D eigenvalue weighted by atomic mass is 16.2. The van der Waals surface area contributed by atoms with E-state index >= 15 is 0 Å². The number of aliphatic hydroxyl groups is 2. The summed E-state index contributed by atoms with van der Waals surface area (Å²) in [6.45, 7) is 2.13. The molecule has 0 aliphatic rings. The molecule has 0 spiro atoms. The van der Waals surface area contributed by atoms with Gasteiger partial charge in [-0.25, -0.2) is 0 Å². The first-order valence-corrected chi connectivity index (χ1v) is 3.01. The summed E-state index contributed by atoms with van der Waals surface area (Å²) < 4.78 is 0. The number of aliphatic hydroxyl groups excluding tert-OH is 2. The summed E-state index contributed by atoms with van der Waals surface area (Å²) in [7, 11) is 7.14. The third-order valence-electron chi connectivity index (χ3n) is 0.558. The molecule has 9 heavy (non-hydrogen) atoms. The predicted molar refractivity (Wildman–Crippen MR) is 41.8 cm³/mol. The molecule has 0 aromatic carbocycles. The average Bonchev–Trinajstić information content (AvgIpc) is 1.98. The highest BCUT2D eigenvalue weighted by Gasteiger charge is 1.68. The van der Waals surface area contributed by atoms with E-state index in [4.69, 9.17) is 18.1 Å². The van der Waals surface area contributed by atoms with Gasteiger partial charge in [-0.1, -0.05) is 26.1 Å². The summed E-state index contributed by atoms with van der Waals surface area (Å²) in [5, 5.41) is 14.0. The maximum Gasteiger partial charge on any atom is 0.0652 e. The monoisotopic (exact) mass is 132 g/mol. The fourth-order valence-electron chi connectivity index (χ4n) is 0.204. The van der Waals surface area contributed by atoms with Crippen LogP contribution in [-0.4, -0.2) is 32.3 Å². The topological polar surface area (TPSA) is 40.5 Å². The summed E-state index contributed by atoms with van der Waals surface area (Å²) in [4.78, 5) is 0. The Morgan fingerprint density at radius 3 is 1.44 bits per heavy atom. The molecule has 3 heteroatoms. The van der Waals surface area contributed by atoms with Crippen LogP contribution in [0.3, 0.4) is 0 Å². The normalized spacial score (nSPS) is 5.89. The molecule has 0 fully saturated rings. The lowest BCUT2D eigenvalue weighted by atomic mass is 10.0. The van der Waals surface area contributed by atoms with Crippen molar-refractivity contribution in [3.63, 3.8) is 0 Å². The van der Waals surface area contributed by atoms with Gasteiger partial charge in [0.05, 0.1) is 7.85 Å². The van der Waals surface area contributed by atoms with Crippen molar-refractivity contribution in [2.45, 2.75) is 26.1 Å². The van der Waals surface area contributed by atoms with Gasteiger partial charge in [0.15, 0.2) is 0 Å². The van der Waals surface area contributed by atoms with E-state index in [9.17, 15) is 0 Å². The molecular formula is C6H17BO2. The summed E-state index contributed by atoms with van der Waals surface area (Å²) in [6, 6.07) is 0. The Labute approximate surface area is 59.3 Å². The zero-order valence-corrected chi connectivity index (χ0v) is 6.59. The lowest BCUT2D eigenvalue weighted by Gasteiger charge is -1.79. The van der Waals surface area contributed by atoms with Gasteiger partial charge < -0.3 is 10.2 Å². The van der Waals surface area contributed by atoms with E-state index in [1.807, 2.05) is 0 Å². The molecule has 2 nitrogen and oxygen atoms in total. The van der Waals surface area contributed by atoms with Crippen LogP contribution in [0.1, 0.15) is 19.8 Å². The second-order valence-electron chi connectivity index (χ2n) is 1.14. The summed E-state index contributed by atoms with van der Waals surface area (Å²) in [5.41, 5.74) is 0. The van der Waals surface area contributed by atoms with Gasteiger partial charge in [-0.2, -0.15) is 0 Å². The SMILES string of the molecule is CO.CO.[B]CCCC. The van der Waals surface area contributed by atoms with Gasteiger partial charge in [-0.3, -0.25) is 0 Å². The van der Waals surface area contributed by atoms with Crippen LogP contribution in [-0.2, 0) is 0 Å². The second kappa shape index (κ2) is 43.7. The number of unbranched alkanes of at least 4 members (excludes halogenated alkanes) is 1. The quantitative estimate of drug-likeness (QED) is 0.540. The van der Waals surface area contributed by atoms with Gasteiger partial charge in [-0.05, 0) is 0 Å². The lowest BCUT2D eigenvalue weighted by molar-refractivity contribution is 0.399. The molecule has 56 valence electrons. The van der Waals surface area contributed by atoms with Crippen LogP contribution in [0.25, 0.3) is 0 Å². The molecular weight excluding hydrogens is 115 g/mol. The van der Waals surface area contributed by atoms with Gasteiger partial charge >= 0.3 is 0 Å². The zero-order chi connectivity index (χ0) is 8.12. The molecule has 0 aromatic heterocycles. The van der Waals surface area contributed by atoms with E-state index in [-0.39, 0.29) is 0 Å². The minimum Gasteiger partial charge on any atom is -0.400 e. The maximum absolute atomic E-state index is 7.00. The van der Waals surface area contributed by atoms with E-state index in [2.05, 4.69) is 6.92 Å². The maximum atomic E-state index is 7.00. The summed E-state index contributed by atoms with van der Waals surface area (Å²) >= 11 is 0. The standard InChI is InChI=1S/C4H9B.2CH4O/c1-2-3-4-5;2*1-2/h2-4H2,1H3;2*2H,1H3. The fraction of sp³-hybridized carbons (Fsp3) is 1.00. The Balaban J connectivity index is -0.0000000771. The first kappa shape index (κ1) is 16.0. The summed E-state index contributed by atoms with van der Waals surface area (Å²) in [6.07, 6.45) is 3.23. The van der Waals surface area contributed by atoms with Crippen molar-refractivity contribution in [3.05, 3.63) is 0 Å². The molecule has 0 heterocycles. The van der Waals surface area contributed by atoms with Crippen LogP contribution in [0.5, 0.6) is 0 Å². The van der Waals surface area contributed by atoms with Crippen LogP contribution in [0, 0.1) is 0 Å². The molecule has 0 aliphatic carbocycles. The minimum atomic E-state index is 0.844. The van der Waals surface area contributed by atoms with Crippen LogP contribution in [0.15, 0.2) is 0 Å². The van der Waals surface area contributed by atoms with Gasteiger partial charge in [0.2, 0.25) is 0 Å². The first-order valence-electron chi connectivity index (χ1n) is 3.01. The van der Waals surface area contributed by atoms with E-state index in [1.165, 1.54) is 12.8 Å². The molecule has 2 N–H and O–H groups in total. The third kappa shape index (κ3) is 72.6. The van der Waals surface area contributed by atoms with E-state index in [0.717, 1.165) is 20.5 Å². The van der Waals surface area contributed by atoms with E-state index in [1.54, 1.807) is 0 Å². The molecule has 0 unspecified atom stereocenters. The van der Waals surface area contributed by atoms with Gasteiger partial charge in [-0.15, -0.1) is 0 Å². The second-order valence-corrected chi connectivity index (χ2v) is 1.14.